The van der Waals surface area contributed by atoms with Gasteiger partial charge in [0.15, 0.2) is 0 Å². The van der Waals surface area contributed by atoms with E-state index in [1.165, 1.54) is 6.42 Å². The van der Waals surface area contributed by atoms with E-state index in [9.17, 15) is 0 Å². The standard InChI is InChI=1S/C10H15ClN2OS/c11-5-1-4-9-12-13-10(15-9)7-8-3-2-6-14-8/h8H,1-7H2. The molecular formula is C10H15ClN2OS. The molecule has 0 aromatic carbocycles. The average Bonchev–Trinajstić information content (AvgIpc) is 2.87. The highest BCUT2D eigenvalue weighted by molar-refractivity contribution is 7.11. The molecule has 1 atom stereocenters. The van der Waals surface area contributed by atoms with Crippen molar-refractivity contribution in [3.63, 3.8) is 0 Å². The van der Waals surface area contributed by atoms with Gasteiger partial charge in [-0.25, -0.2) is 0 Å². The van der Waals surface area contributed by atoms with Gasteiger partial charge in [0.25, 0.3) is 0 Å². The summed E-state index contributed by atoms with van der Waals surface area (Å²) in [5.41, 5.74) is 0. The maximum absolute atomic E-state index is 5.63. The first-order chi connectivity index (χ1) is 7.38. The third kappa shape index (κ3) is 3.40. The van der Waals surface area contributed by atoms with Crippen LogP contribution >= 0.6 is 22.9 Å². The molecule has 1 aliphatic heterocycles. The van der Waals surface area contributed by atoms with Gasteiger partial charge in [-0.15, -0.1) is 33.1 Å². The highest BCUT2D eigenvalue weighted by Gasteiger charge is 2.18. The first-order valence-electron chi connectivity index (χ1n) is 5.37. The molecule has 1 aromatic rings. The summed E-state index contributed by atoms with van der Waals surface area (Å²) >= 11 is 7.33. The average molecular weight is 247 g/mol. The summed E-state index contributed by atoms with van der Waals surface area (Å²) in [6.45, 7) is 0.905. The van der Waals surface area contributed by atoms with Crippen LogP contribution in [0.5, 0.6) is 0 Å². The zero-order valence-corrected chi connectivity index (χ0v) is 10.2. The molecule has 0 amide bonds. The van der Waals surface area contributed by atoms with Crippen LogP contribution < -0.4 is 0 Å². The van der Waals surface area contributed by atoms with Crippen LogP contribution in [-0.4, -0.2) is 28.8 Å². The summed E-state index contributed by atoms with van der Waals surface area (Å²) in [5, 5.41) is 10.5. The highest BCUT2D eigenvalue weighted by Crippen LogP contribution is 2.20. The van der Waals surface area contributed by atoms with Gasteiger partial charge in [-0.05, 0) is 19.3 Å². The Balaban J connectivity index is 1.83. The van der Waals surface area contributed by atoms with E-state index in [1.807, 2.05) is 0 Å². The lowest BCUT2D eigenvalue weighted by molar-refractivity contribution is 0.111. The van der Waals surface area contributed by atoms with E-state index in [2.05, 4.69) is 10.2 Å². The molecule has 1 aromatic heterocycles. The zero-order valence-electron chi connectivity index (χ0n) is 8.62. The van der Waals surface area contributed by atoms with E-state index in [0.29, 0.717) is 12.0 Å². The van der Waals surface area contributed by atoms with Crippen molar-refractivity contribution in [2.75, 3.05) is 12.5 Å². The van der Waals surface area contributed by atoms with Crippen LogP contribution in [0.1, 0.15) is 29.3 Å². The molecule has 2 rings (SSSR count). The molecule has 0 N–H and O–H groups in total. The lowest BCUT2D eigenvalue weighted by Gasteiger charge is -2.04. The van der Waals surface area contributed by atoms with E-state index in [1.54, 1.807) is 11.3 Å². The highest BCUT2D eigenvalue weighted by atomic mass is 35.5. The van der Waals surface area contributed by atoms with Gasteiger partial charge in [-0.2, -0.15) is 0 Å². The maximum atomic E-state index is 5.63. The Morgan fingerprint density at radius 1 is 1.40 bits per heavy atom. The van der Waals surface area contributed by atoms with Crippen LogP contribution in [0.15, 0.2) is 0 Å². The number of ether oxygens (including phenoxy) is 1. The Labute approximate surface area is 98.8 Å². The Morgan fingerprint density at radius 2 is 2.27 bits per heavy atom. The first-order valence-corrected chi connectivity index (χ1v) is 6.72. The maximum Gasteiger partial charge on any atom is 0.120 e. The minimum atomic E-state index is 0.374. The van der Waals surface area contributed by atoms with E-state index in [4.69, 9.17) is 16.3 Å². The number of halogens is 1. The summed E-state index contributed by atoms with van der Waals surface area (Å²) < 4.78 is 5.57. The van der Waals surface area contributed by atoms with Crippen molar-refractivity contribution in [1.29, 1.82) is 0 Å². The monoisotopic (exact) mass is 246 g/mol. The van der Waals surface area contributed by atoms with E-state index in [-0.39, 0.29) is 0 Å². The second kappa shape index (κ2) is 5.77. The van der Waals surface area contributed by atoms with E-state index in [0.717, 1.165) is 42.3 Å². The second-order valence-electron chi connectivity index (χ2n) is 3.72. The molecule has 0 spiro atoms. The fourth-order valence-corrected chi connectivity index (χ4v) is 2.77. The second-order valence-corrected chi connectivity index (χ2v) is 5.25. The Kier molecular flexibility index (Phi) is 4.35. The molecule has 1 fully saturated rings. The van der Waals surface area contributed by atoms with Crippen LogP contribution in [0.25, 0.3) is 0 Å². The summed E-state index contributed by atoms with van der Waals surface area (Å²) in [5.74, 6) is 0.695. The Bertz CT molecular complexity index is 299. The third-order valence-corrected chi connectivity index (χ3v) is 3.73. The van der Waals surface area contributed by atoms with Crippen molar-refractivity contribution in [2.45, 2.75) is 38.2 Å². The normalized spacial score (nSPS) is 21.0. The molecule has 1 saturated heterocycles. The largest absolute Gasteiger partial charge is 0.378 e. The van der Waals surface area contributed by atoms with Gasteiger partial charge in [0.2, 0.25) is 0 Å². The number of rotatable bonds is 5. The molecule has 0 radical (unpaired) electrons. The van der Waals surface area contributed by atoms with Crippen LogP contribution in [0.2, 0.25) is 0 Å². The molecular weight excluding hydrogens is 232 g/mol. The molecule has 15 heavy (non-hydrogen) atoms. The van der Waals surface area contributed by atoms with Gasteiger partial charge in [0, 0.05) is 25.3 Å². The fraction of sp³-hybridized carbons (Fsp3) is 0.800. The quantitative estimate of drug-likeness (QED) is 0.749. The van der Waals surface area contributed by atoms with Gasteiger partial charge >= 0.3 is 0 Å². The van der Waals surface area contributed by atoms with Crippen LogP contribution in [0.3, 0.4) is 0 Å². The van der Waals surface area contributed by atoms with Crippen LogP contribution in [0, 0.1) is 0 Å². The zero-order chi connectivity index (χ0) is 10.5. The van der Waals surface area contributed by atoms with Gasteiger partial charge in [0.1, 0.15) is 10.0 Å². The Hall–Kier alpha value is -0.190. The number of aromatic nitrogens is 2. The number of nitrogens with zero attached hydrogens (tertiary/aromatic N) is 2. The van der Waals surface area contributed by atoms with E-state index < -0.39 is 0 Å². The molecule has 5 heteroatoms. The summed E-state index contributed by atoms with van der Waals surface area (Å²) in [6, 6.07) is 0. The van der Waals surface area contributed by atoms with Gasteiger partial charge in [-0.1, -0.05) is 0 Å². The third-order valence-electron chi connectivity index (χ3n) is 2.46. The fourth-order valence-electron chi connectivity index (χ4n) is 1.69. The molecule has 0 bridgehead atoms. The van der Waals surface area contributed by atoms with Crippen molar-refractivity contribution < 1.29 is 4.74 Å². The number of alkyl halides is 1. The van der Waals surface area contributed by atoms with Crippen molar-refractivity contribution in [1.82, 2.24) is 10.2 Å². The van der Waals surface area contributed by atoms with Crippen molar-refractivity contribution in [3.05, 3.63) is 10.0 Å². The van der Waals surface area contributed by atoms with Gasteiger partial charge in [-0.3, -0.25) is 0 Å². The summed E-state index contributed by atoms with van der Waals surface area (Å²) in [4.78, 5) is 0. The van der Waals surface area contributed by atoms with Crippen molar-refractivity contribution in [3.8, 4) is 0 Å². The smallest absolute Gasteiger partial charge is 0.120 e. The topological polar surface area (TPSA) is 35.0 Å². The lowest BCUT2D eigenvalue weighted by atomic mass is 10.2. The predicted octanol–water partition coefficient (Wildman–Crippen LogP) is 2.43. The molecule has 1 unspecified atom stereocenters. The lowest BCUT2D eigenvalue weighted by Crippen LogP contribution is -2.08. The number of hydrogen-bond donors (Lipinski definition) is 0. The Morgan fingerprint density at radius 3 is 3.00 bits per heavy atom. The van der Waals surface area contributed by atoms with Crippen molar-refractivity contribution in [2.24, 2.45) is 0 Å². The SMILES string of the molecule is ClCCCc1nnc(CC2CCCO2)s1. The van der Waals surface area contributed by atoms with Crippen LogP contribution in [0.4, 0.5) is 0 Å². The molecule has 0 saturated carbocycles. The first kappa shape index (κ1) is 11.3. The molecule has 1 aliphatic rings. The van der Waals surface area contributed by atoms with Crippen LogP contribution in [-0.2, 0) is 17.6 Å². The minimum absolute atomic E-state index is 0.374. The molecule has 84 valence electrons. The summed E-state index contributed by atoms with van der Waals surface area (Å²) in [6.07, 6.45) is 5.58. The van der Waals surface area contributed by atoms with Crippen molar-refractivity contribution >= 4 is 22.9 Å². The van der Waals surface area contributed by atoms with Gasteiger partial charge in [0.05, 0.1) is 6.10 Å². The van der Waals surface area contributed by atoms with Gasteiger partial charge < -0.3 is 4.74 Å². The number of aryl methyl sites for hydroxylation is 1. The summed E-state index contributed by atoms with van der Waals surface area (Å²) in [7, 11) is 0. The van der Waals surface area contributed by atoms with E-state index >= 15 is 0 Å². The molecule has 0 aliphatic carbocycles. The minimum Gasteiger partial charge on any atom is -0.378 e. The number of hydrogen-bond acceptors (Lipinski definition) is 4. The predicted molar refractivity (Wildman–Crippen MR) is 61.6 cm³/mol. The molecule has 2 heterocycles. The molecule has 3 nitrogen and oxygen atoms in total.